The Morgan fingerprint density at radius 2 is 1.84 bits per heavy atom. The summed E-state index contributed by atoms with van der Waals surface area (Å²) in [5.74, 6) is -1.30. The zero-order chi connectivity index (χ0) is 13.7. The quantitative estimate of drug-likeness (QED) is 0.696. The molecule has 0 unspecified atom stereocenters. The molecule has 0 aliphatic rings. The Bertz CT molecular complexity index is 823. The standard InChI is InChI=1S/C12H10F2N4S/c1-6-10-11(17(2)16-6)18(12(19)15-10)9-4-7(13)3-8(14)5-9/h3-5H,1-2H3,(H,15,19). The lowest BCUT2D eigenvalue weighted by atomic mass is 10.3. The molecule has 3 rings (SSSR count). The van der Waals surface area contributed by atoms with Gasteiger partial charge in [0.05, 0.1) is 11.4 Å². The smallest absolute Gasteiger partial charge is 0.184 e. The van der Waals surface area contributed by atoms with E-state index in [1.165, 1.54) is 12.1 Å². The number of imidazole rings is 1. The van der Waals surface area contributed by atoms with Crippen molar-refractivity contribution < 1.29 is 8.78 Å². The minimum Gasteiger partial charge on any atom is -0.327 e. The number of halogens is 2. The maximum atomic E-state index is 13.3. The number of benzene rings is 1. The Hall–Kier alpha value is -2.02. The minimum absolute atomic E-state index is 0.330. The van der Waals surface area contributed by atoms with E-state index in [4.69, 9.17) is 12.2 Å². The molecule has 0 spiro atoms. The van der Waals surface area contributed by atoms with Gasteiger partial charge in [-0.15, -0.1) is 0 Å². The van der Waals surface area contributed by atoms with E-state index in [1.54, 1.807) is 16.3 Å². The molecule has 0 amide bonds. The third kappa shape index (κ3) is 1.77. The van der Waals surface area contributed by atoms with Crippen LogP contribution in [-0.2, 0) is 7.05 Å². The van der Waals surface area contributed by atoms with Crippen molar-refractivity contribution in [3.63, 3.8) is 0 Å². The van der Waals surface area contributed by atoms with Gasteiger partial charge in [-0.1, -0.05) is 0 Å². The van der Waals surface area contributed by atoms with Crippen molar-refractivity contribution in [2.24, 2.45) is 7.05 Å². The maximum absolute atomic E-state index is 13.3. The number of aryl methyl sites for hydroxylation is 2. The van der Waals surface area contributed by atoms with Crippen LogP contribution in [0.15, 0.2) is 18.2 Å². The molecule has 98 valence electrons. The summed E-state index contributed by atoms with van der Waals surface area (Å²) in [6.45, 7) is 1.84. The number of aromatic amines is 1. The second-order valence-electron chi connectivity index (χ2n) is 4.30. The van der Waals surface area contributed by atoms with Gasteiger partial charge in [-0.3, -0.25) is 4.57 Å². The van der Waals surface area contributed by atoms with Crippen LogP contribution in [0.25, 0.3) is 16.9 Å². The van der Waals surface area contributed by atoms with Gasteiger partial charge < -0.3 is 4.98 Å². The van der Waals surface area contributed by atoms with E-state index in [-0.39, 0.29) is 0 Å². The van der Waals surface area contributed by atoms with Gasteiger partial charge in [0.15, 0.2) is 10.4 Å². The SMILES string of the molecule is Cc1nn(C)c2c1[nH]c(=S)n2-c1cc(F)cc(F)c1. The summed E-state index contributed by atoms with van der Waals surface area (Å²) < 4.78 is 30.2. The highest BCUT2D eigenvalue weighted by atomic mass is 32.1. The molecule has 0 saturated carbocycles. The topological polar surface area (TPSA) is 38.5 Å². The summed E-state index contributed by atoms with van der Waals surface area (Å²) >= 11 is 5.22. The van der Waals surface area contributed by atoms with Crippen LogP contribution >= 0.6 is 12.2 Å². The molecule has 0 fully saturated rings. The van der Waals surface area contributed by atoms with Gasteiger partial charge in [0.1, 0.15) is 17.2 Å². The molecule has 0 aliphatic heterocycles. The zero-order valence-corrected chi connectivity index (χ0v) is 11.1. The van der Waals surface area contributed by atoms with E-state index in [2.05, 4.69) is 10.1 Å². The lowest BCUT2D eigenvalue weighted by Crippen LogP contribution is -2.01. The number of hydrogen-bond acceptors (Lipinski definition) is 2. The summed E-state index contributed by atoms with van der Waals surface area (Å²) in [5.41, 5.74) is 2.54. The fraction of sp³-hybridized carbons (Fsp3) is 0.167. The fourth-order valence-electron chi connectivity index (χ4n) is 2.22. The minimum atomic E-state index is -0.648. The van der Waals surface area contributed by atoms with Crippen molar-refractivity contribution in [2.45, 2.75) is 6.92 Å². The monoisotopic (exact) mass is 280 g/mol. The van der Waals surface area contributed by atoms with Crippen LogP contribution in [0.5, 0.6) is 0 Å². The Balaban J connectivity index is 2.42. The van der Waals surface area contributed by atoms with Crippen molar-refractivity contribution in [3.8, 4) is 5.69 Å². The molecule has 0 saturated heterocycles. The first-order valence-corrected chi connectivity index (χ1v) is 5.99. The number of hydrogen-bond donors (Lipinski definition) is 1. The number of fused-ring (bicyclic) bond motifs is 1. The Morgan fingerprint density at radius 1 is 1.21 bits per heavy atom. The van der Waals surface area contributed by atoms with Gasteiger partial charge in [-0.05, 0) is 31.3 Å². The first kappa shape index (κ1) is 12.0. The maximum Gasteiger partial charge on any atom is 0.184 e. The van der Waals surface area contributed by atoms with Crippen LogP contribution in [0.4, 0.5) is 8.78 Å². The van der Waals surface area contributed by atoms with E-state index in [1.807, 2.05) is 6.92 Å². The molecule has 0 radical (unpaired) electrons. The Morgan fingerprint density at radius 3 is 2.47 bits per heavy atom. The molecule has 0 aliphatic carbocycles. The summed E-state index contributed by atoms with van der Waals surface area (Å²) in [4.78, 5) is 3.00. The molecule has 0 atom stereocenters. The number of rotatable bonds is 1. The highest BCUT2D eigenvalue weighted by Crippen LogP contribution is 2.22. The summed E-state index contributed by atoms with van der Waals surface area (Å²) in [7, 11) is 1.75. The van der Waals surface area contributed by atoms with Crippen molar-refractivity contribution in [1.29, 1.82) is 0 Å². The lowest BCUT2D eigenvalue weighted by molar-refractivity contribution is 0.581. The Kier molecular flexibility index (Phi) is 2.53. The molecule has 0 bridgehead atoms. The zero-order valence-electron chi connectivity index (χ0n) is 10.2. The summed E-state index contributed by atoms with van der Waals surface area (Å²) in [6, 6.07) is 3.29. The second kappa shape index (κ2) is 3.99. The fourth-order valence-corrected chi connectivity index (χ4v) is 2.51. The number of nitrogens with one attached hydrogen (secondary N) is 1. The van der Waals surface area contributed by atoms with Crippen LogP contribution in [0.2, 0.25) is 0 Å². The predicted molar refractivity (Wildman–Crippen MR) is 69.9 cm³/mol. The van der Waals surface area contributed by atoms with Crippen molar-refractivity contribution in [1.82, 2.24) is 19.3 Å². The van der Waals surface area contributed by atoms with Gasteiger partial charge in [0.25, 0.3) is 0 Å². The summed E-state index contributed by atoms with van der Waals surface area (Å²) in [5, 5.41) is 4.25. The molecular formula is C12H10F2N4S. The van der Waals surface area contributed by atoms with Crippen molar-refractivity contribution >= 4 is 23.4 Å². The van der Waals surface area contributed by atoms with E-state index in [0.717, 1.165) is 17.3 Å². The normalized spacial score (nSPS) is 11.4. The predicted octanol–water partition coefficient (Wildman–Crippen LogP) is 3.01. The first-order valence-electron chi connectivity index (χ1n) is 5.58. The van der Waals surface area contributed by atoms with E-state index < -0.39 is 11.6 Å². The molecule has 4 nitrogen and oxygen atoms in total. The molecule has 3 aromatic rings. The van der Waals surface area contributed by atoms with Crippen LogP contribution in [0.3, 0.4) is 0 Å². The van der Waals surface area contributed by atoms with Gasteiger partial charge in [0, 0.05) is 13.1 Å². The largest absolute Gasteiger partial charge is 0.327 e. The molecule has 2 heterocycles. The first-order chi connectivity index (χ1) is 8.97. The third-order valence-electron chi connectivity index (χ3n) is 2.94. The highest BCUT2D eigenvalue weighted by Gasteiger charge is 2.15. The average molecular weight is 280 g/mol. The van der Waals surface area contributed by atoms with E-state index in [9.17, 15) is 8.78 Å². The van der Waals surface area contributed by atoms with Gasteiger partial charge >= 0.3 is 0 Å². The molecule has 1 aromatic carbocycles. The Labute approximate surface area is 112 Å². The molecule has 19 heavy (non-hydrogen) atoms. The van der Waals surface area contributed by atoms with Crippen molar-refractivity contribution in [3.05, 3.63) is 40.3 Å². The van der Waals surface area contributed by atoms with Crippen LogP contribution < -0.4 is 0 Å². The van der Waals surface area contributed by atoms with Crippen LogP contribution in [-0.4, -0.2) is 19.3 Å². The van der Waals surface area contributed by atoms with Gasteiger partial charge in [-0.25, -0.2) is 13.5 Å². The van der Waals surface area contributed by atoms with E-state index >= 15 is 0 Å². The average Bonchev–Trinajstić information content (AvgIpc) is 2.76. The summed E-state index contributed by atoms with van der Waals surface area (Å²) in [6.07, 6.45) is 0. The van der Waals surface area contributed by atoms with Crippen LogP contribution in [0.1, 0.15) is 5.69 Å². The van der Waals surface area contributed by atoms with Crippen LogP contribution in [0, 0.1) is 23.3 Å². The number of aromatic nitrogens is 4. The third-order valence-corrected chi connectivity index (χ3v) is 3.23. The molecule has 7 heteroatoms. The molecule has 1 N–H and O–H groups in total. The van der Waals surface area contributed by atoms with Gasteiger partial charge in [-0.2, -0.15) is 5.10 Å². The van der Waals surface area contributed by atoms with Gasteiger partial charge in [0.2, 0.25) is 0 Å². The number of H-pyrrole nitrogens is 1. The second-order valence-corrected chi connectivity index (χ2v) is 4.69. The lowest BCUT2D eigenvalue weighted by Gasteiger charge is -2.05. The van der Waals surface area contributed by atoms with Crippen molar-refractivity contribution in [2.75, 3.05) is 0 Å². The van der Waals surface area contributed by atoms with E-state index in [0.29, 0.717) is 16.1 Å². The molecular weight excluding hydrogens is 270 g/mol. The molecule has 2 aromatic heterocycles. The number of nitrogens with zero attached hydrogens (tertiary/aromatic N) is 3. The highest BCUT2D eigenvalue weighted by molar-refractivity contribution is 7.71.